The first-order valence-corrected chi connectivity index (χ1v) is 9.23. The fraction of sp³-hybridized carbons (Fsp3) is 0.533. The summed E-state index contributed by atoms with van der Waals surface area (Å²) in [5.41, 5.74) is 6.57. The minimum Gasteiger partial charge on any atom is -0.369 e. The fourth-order valence-electron chi connectivity index (χ4n) is 2.79. The molecule has 2 N–H and O–H groups in total. The minimum absolute atomic E-state index is 0.0328. The van der Waals surface area contributed by atoms with Gasteiger partial charge in [0, 0.05) is 11.4 Å². The average Bonchev–Trinajstić information content (AvgIpc) is 3.02. The summed E-state index contributed by atoms with van der Waals surface area (Å²) in [6, 6.07) is 0. The van der Waals surface area contributed by atoms with Crippen LogP contribution in [0.4, 0.5) is 0 Å². The number of hydrogen-bond donors (Lipinski definition) is 1. The summed E-state index contributed by atoms with van der Waals surface area (Å²) >= 11 is 2.90. The Hall–Kier alpha value is -1.34. The van der Waals surface area contributed by atoms with E-state index in [-0.39, 0.29) is 5.56 Å². The maximum atomic E-state index is 12.9. The van der Waals surface area contributed by atoms with Gasteiger partial charge in [0.1, 0.15) is 4.83 Å². The summed E-state index contributed by atoms with van der Waals surface area (Å²) in [6.07, 6.45) is 3.99. The largest absolute Gasteiger partial charge is 0.369 e. The van der Waals surface area contributed by atoms with Crippen molar-refractivity contribution in [3.05, 3.63) is 20.8 Å². The first-order chi connectivity index (χ1) is 10.5. The molecule has 1 aliphatic rings. The van der Waals surface area contributed by atoms with E-state index in [0.29, 0.717) is 11.7 Å². The molecule has 118 valence electrons. The van der Waals surface area contributed by atoms with Crippen LogP contribution in [0.15, 0.2) is 9.95 Å². The van der Waals surface area contributed by atoms with Crippen LogP contribution < -0.4 is 11.3 Å². The van der Waals surface area contributed by atoms with Crippen LogP contribution in [0.3, 0.4) is 0 Å². The number of aryl methyl sites for hydroxylation is 2. The quantitative estimate of drug-likeness (QED) is 0.671. The van der Waals surface area contributed by atoms with Gasteiger partial charge in [-0.1, -0.05) is 18.7 Å². The highest BCUT2D eigenvalue weighted by molar-refractivity contribution is 8.00. The molecule has 7 heteroatoms. The van der Waals surface area contributed by atoms with Gasteiger partial charge in [0.2, 0.25) is 5.91 Å². The topological polar surface area (TPSA) is 78.0 Å². The van der Waals surface area contributed by atoms with Crippen LogP contribution in [0.25, 0.3) is 10.2 Å². The molecule has 5 nitrogen and oxygen atoms in total. The zero-order valence-corrected chi connectivity index (χ0v) is 14.4. The summed E-state index contributed by atoms with van der Waals surface area (Å²) < 4.78 is 1.71. The van der Waals surface area contributed by atoms with Gasteiger partial charge < -0.3 is 5.73 Å². The Bertz CT molecular complexity index is 794. The van der Waals surface area contributed by atoms with Crippen molar-refractivity contribution in [1.29, 1.82) is 0 Å². The third-order valence-electron chi connectivity index (χ3n) is 3.92. The van der Waals surface area contributed by atoms with E-state index in [2.05, 4.69) is 4.98 Å². The summed E-state index contributed by atoms with van der Waals surface area (Å²) in [4.78, 5) is 31.0. The van der Waals surface area contributed by atoms with E-state index >= 15 is 0 Å². The van der Waals surface area contributed by atoms with E-state index in [0.717, 1.165) is 35.9 Å². The molecule has 0 saturated heterocycles. The second kappa shape index (κ2) is 6.04. The molecule has 2 heterocycles. The number of rotatable bonds is 5. The molecule has 0 bridgehead atoms. The molecule has 1 atom stereocenters. The van der Waals surface area contributed by atoms with E-state index in [1.807, 2.05) is 6.92 Å². The van der Waals surface area contributed by atoms with Crippen LogP contribution in [0.2, 0.25) is 0 Å². The Morgan fingerprint density at radius 3 is 2.95 bits per heavy atom. The predicted molar refractivity (Wildman–Crippen MR) is 90.7 cm³/mol. The van der Waals surface area contributed by atoms with Crippen molar-refractivity contribution >= 4 is 39.2 Å². The molecular formula is C15H19N3O2S2. The van der Waals surface area contributed by atoms with E-state index in [1.54, 1.807) is 22.8 Å². The SMILES string of the molecule is CCCn1c(S[C@H](C)C(N)=O)nc2sc3c(c2c1=O)CCC3. The van der Waals surface area contributed by atoms with Crippen molar-refractivity contribution < 1.29 is 4.79 Å². The van der Waals surface area contributed by atoms with Gasteiger partial charge in [0.15, 0.2) is 5.16 Å². The first-order valence-electron chi connectivity index (χ1n) is 7.54. The lowest BCUT2D eigenvalue weighted by Crippen LogP contribution is -2.27. The van der Waals surface area contributed by atoms with Crippen LogP contribution in [0, 0.1) is 0 Å². The fourth-order valence-corrected chi connectivity index (χ4v) is 4.97. The Labute approximate surface area is 136 Å². The Balaban J connectivity index is 2.17. The van der Waals surface area contributed by atoms with Gasteiger partial charge in [-0.25, -0.2) is 4.98 Å². The number of nitrogens with two attached hydrogens (primary N) is 1. The number of carbonyl (C=O) groups excluding carboxylic acids is 1. The molecule has 0 radical (unpaired) electrons. The van der Waals surface area contributed by atoms with Crippen molar-refractivity contribution in [2.24, 2.45) is 5.73 Å². The molecule has 0 aromatic carbocycles. The molecule has 0 spiro atoms. The third-order valence-corrected chi connectivity index (χ3v) is 6.21. The summed E-state index contributed by atoms with van der Waals surface area (Å²) in [7, 11) is 0. The first kappa shape index (κ1) is 15.6. The van der Waals surface area contributed by atoms with Crippen LogP contribution in [-0.2, 0) is 24.2 Å². The maximum absolute atomic E-state index is 12.9. The van der Waals surface area contributed by atoms with Crippen molar-refractivity contribution in [2.45, 2.75) is 56.5 Å². The number of aromatic nitrogens is 2. The molecule has 0 aliphatic heterocycles. The normalized spacial score (nSPS) is 15.2. The molecule has 3 rings (SSSR count). The maximum Gasteiger partial charge on any atom is 0.263 e. The monoisotopic (exact) mass is 337 g/mol. The summed E-state index contributed by atoms with van der Waals surface area (Å²) in [5.74, 6) is -0.393. The molecular weight excluding hydrogens is 318 g/mol. The van der Waals surface area contributed by atoms with Crippen LogP contribution >= 0.6 is 23.1 Å². The second-order valence-corrected chi connectivity index (χ2v) is 7.94. The molecule has 22 heavy (non-hydrogen) atoms. The number of primary amides is 1. The van der Waals surface area contributed by atoms with E-state index in [4.69, 9.17) is 5.73 Å². The third kappa shape index (κ3) is 2.56. The lowest BCUT2D eigenvalue weighted by Gasteiger charge is -2.13. The Morgan fingerprint density at radius 2 is 2.27 bits per heavy atom. The van der Waals surface area contributed by atoms with Gasteiger partial charge in [0.25, 0.3) is 5.56 Å². The lowest BCUT2D eigenvalue weighted by molar-refractivity contribution is -0.117. The molecule has 2 aromatic heterocycles. The van der Waals surface area contributed by atoms with Gasteiger partial charge in [-0.2, -0.15) is 0 Å². The molecule has 2 aromatic rings. The zero-order chi connectivity index (χ0) is 15.9. The second-order valence-electron chi connectivity index (χ2n) is 5.55. The molecule has 1 amide bonds. The van der Waals surface area contributed by atoms with Crippen LogP contribution in [0.5, 0.6) is 0 Å². The number of amides is 1. The van der Waals surface area contributed by atoms with Gasteiger partial charge in [-0.15, -0.1) is 11.3 Å². The molecule has 0 saturated carbocycles. The van der Waals surface area contributed by atoms with Crippen molar-refractivity contribution in [1.82, 2.24) is 9.55 Å². The lowest BCUT2D eigenvalue weighted by atomic mass is 10.2. The average molecular weight is 337 g/mol. The number of carbonyl (C=O) groups is 1. The number of thioether (sulfide) groups is 1. The molecule has 0 fully saturated rings. The van der Waals surface area contributed by atoms with Crippen molar-refractivity contribution in [2.75, 3.05) is 0 Å². The molecule has 1 aliphatic carbocycles. The van der Waals surface area contributed by atoms with Gasteiger partial charge >= 0.3 is 0 Å². The Morgan fingerprint density at radius 1 is 1.50 bits per heavy atom. The smallest absolute Gasteiger partial charge is 0.263 e. The number of nitrogens with zero attached hydrogens (tertiary/aromatic N) is 2. The standard InChI is InChI=1S/C15H19N3O2S2/c1-3-7-18-14(20)11-9-5-4-6-10(9)22-13(11)17-15(18)21-8(2)12(16)19/h8H,3-7H2,1-2H3,(H2,16,19)/t8-/m1/s1. The van der Waals surface area contributed by atoms with Gasteiger partial charge in [0.05, 0.1) is 10.6 Å². The zero-order valence-electron chi connectivity index (χ0n) is 12.7. The van der Waals surface area contributed by atoms with Crippen molar-refractivity contribution in [3.63, 3.8) is 0 Å². The van der Waals surface area contributed by atoms with Crippen LogP contribution in [0.1, 0.15) is 37.1 Å². The Kier molecular flexibility index (Phi) is 4.27. The molecule has 0 unspecified atom stereocenters. The minimum atomic E-state index is -0.403. The highest BCUT2D eigenvalue weighted by atomic mass is 32.2. The van der Waals surface area contributed by atoms with E-state index in [1.165, 1.54) is 22.2 Å². The highest BCUT2D eigenvalue weighted by Gasteiger charge is 2.24. The van der Waals surface area contributed by atoms with Gasteiger partial charge in [-0.3, -0.25) is 14.2 Å². The predicted octanol–water partition coefficient (Wildman–Crippen LogP) is 2.32. The van der Waals surface area contributed by atoms with Gasteiger partial charge in [-0.05, 0) is 38.2 Å². The summed E-state index contributed by atoms with van der Waals surface area (Å²) in [5, 5.41) is 0.992. The number of thiophene rings is 1. The highest BCUT2D eigenvalue weighted by Crippen LogP contribution is 2.36. The van der Waals surface area contributed by atoms with E-state index < -0.39 is 11.2 Å². The summed E-state index contributed by atoms with van der Waals surface area (Å²) in [6.45, 7) is 4.38. The van der Waals surface area contributed by atoms with Crippen molar-refractivity contribution in [3.8, 4) is 0 Å². The number of hydrogen-bond acceptors (Lipinski definition) is 5. The van der Waals surface area contributed by atoms with E-state index in [9.17, 15) is 9.59 Å². The number of fused-ring (bicyclic) bond motifs is 3. The van der Waals surface area contributed by atoms with Crippen LogP contribution in [-0.4, -0.2) is 20.7 Å².